The van der Waals surface area contributed by atoms with Crippen LogP contribution >= 0.6 is 0 Å². The fourth-order valence-electron chi connectivity index (χ4n) is 5.32. The highest BCUT2D eigenvalue weighted by Gasteiger charge is 2.29. The number of benzene rings is 1. The summed E-state index contributed by atoms with van der Waals surface area (Å²) >= 11 is 0. The minimum absolute atomic E-state index is 0.0232. The van der Waals surface area contributed by atoms with Crippen molar-refractivity contribution < 1.29 is 19.4 Å². The van der Waals surface area contributed by atoms with Gasteiger partial charge in [0.05, 0.1) is 17.1 Å². The van der Waals surface area contributed by atoms with Crippen LogP contribution in [0.25, 0.3) is 22.4 Å². The third-order valence-corrected chi connectivity index (χ3v) is 7.40. The Morgan fingerprint density at radius 2 is 1.92 bits per heavy atom. The number of pyridine rings is 1. The van der Waals surface area contributed by atoms with Crippen LogP contribution in [-0.4, -0.2) is 56.2 Å². The Hall–Kier alpha value is -3.01. The average Bonchev–Trinajstić information content (AvgIpc) is 3.24. The van der Waals surface area contributed by atoms with E-state index in [-0.39, 0.29) is 11.6 Å². The van der Waals surface area contributed by atoms with Crippen LogP contribution < -0.4 is 10.9 Å². The molecular formula is C30H42N4O5. The summed E-state index contributed by atoms with van der Waals surface area (Å²) in [5.74, 6) is 0.786. The second-order valence-corrected chi connectivity index (χ2v) is 11.8. The third-order valence-electron chi connectivity index (χ3n) is 7.40. The zero-order chi connectivity index (χ0) is 28.5. The van der Waals surface area contributed by atoms with E-state index in [0.29, 0.717) is 18.0 Å². The quantitative estimate of drug-likeness (QED) is 0.419. The first-order valence-electron chi connectivity index (χ1n) is 13.8. The molecule has 0 bridgehead atoms. The molecule has 3 heterocycles. The van der Waals surface area contributed by atoms with Crippen molar-refractivity contribution in [2.75, 3.05) is 13.2 Å². The Morgan fingerprint density at radius 3 is 2.54 bits per heavy atom. The van der Waals surface area contributed by atoms with E-state index in [9.17, 15) is 14.7 Å². The molecule has 0 amide bonds. The first-order chi connectivity index (χ1) is 18.4. The van der Waals surface area contributed by atoms with Gasteiger partial charge in [0.1, 0.15) is 17.5 Å². The van der Waals surface area contributed by atoms with Gasteiger partial charge < -0.3 is 23.7 Å². The molecule has 9 nitrogen and oxygen atoms in total. The maximum Gasteiger partial charge on any atom is 0.326 e. The fourth-order valence-corrected chi connectivity index (χ4v) is 5.32. The SMILES string of the molecule is Cc1cc(-c2nc3cc(CN[C@@H](C(=O)OC(C)(C)C)[C@@H](C)O)ccc3n2[C@H](C)C2CCOCC2)cn(C)c1=O. The number of aryl methyl sites for hydroxylation is 2. The summed E-state index contributed by atoms with van der Waals surface area (Å²) in [6.07, 6.45) is 2.91. The number of imidazole rings is 1. The Balaban J connectivity index is 1.70. The molecule has 0 unspecified atom stereocenters. The van der Waals surface area contributed by atoms with Crippen LogP contribution in [0.3, 0.4) is 0 Å². The van der Waals surface area contributed by atoms with Crippen molar-refractivity contribution in [3.63, 3.8) is 0 Å². The number of hydrogen-bond acceptors (Lipinski definition) is 7. The van der Waals surface area contributed by atoms with E-state index in [4.69, 9.17) is 14.5 Å². The topological polar surface area (TPSA) is 108 Å². The standard InChI is InChI=1S/C30H42N4O5/c1-18-14-23(17-33(7)28(18)36)27-32-24-15-21(16-31-26(20(3)35)29(37)39-30(4,5)6)8-9-25(24)34(27)19(2)22-10-12-38-13-11-22/h8-9,14-15,17,19-20,22,26,31,35H,10-13,16H2,1-7H3/t19-,20-,26-/m1/s1. The molecule has 1 saturated heterocycles. The van der Waals surface area contributed by atoms with Gasteiger partial charge in [-0.05, 0) is 84.1 Å². The summed E-state index contributed by atoms with van der Waals surface area (Å²) < 4.78 is 15.0. The molecule has 1 aliphatic rings. The minimum atomic E-state index is -0.914. The number of aromatic nitrogens is 3. The van der Waals surface area contributed by atoms with E-state index in [0.717, 1.165) is 54.0 Å². The van der Waals surface area contributed by atoms with E-state index in [1.165, 1.54) is 0 Å². The predicted molar refractivity (Wildman–Crippen MR) is 152 cm³/mol. The third kappa shape index (κ3) is 6.59. The summed E-state index contributed by atoms with van der Waals surface area (Å²) in [5.41, 5.74) is 3.67. The lowest BCUT2D eigenvalue weighted by molar-refractivity contribution is -0.160. The summed E-state index contributed by atoms with van der Waals surface area (Å²) in [6, 6.07) is 7.35. The van der Waals surface area contributed by atoms with Crippen molar-refractivity contribution in [2.45, 2.75) is 84.7 Å². The Morgan fingerprint density at radius 1 is 1.23 bits per heavy atom. The van der Waals surface area contributed by atoms with Gasteiger partial charge in [0.15, 0.2) is 0 Å². The predicted octanol–water partition coefficient (Wildman–Crippen LogP) is 3.88. The first-order valence-corrected chi connectivity index (χ1v) is 13.8. The molecular weight excluding hydrogens is 496 g/mol. The monoisotopic (exact) mass is 538 g/mol. The number of hydrogen-bond donors (Lipinski definition) is 2. The first kappa shape index (κ1) is 29.0. The molecule has 4 rings (SSSR count). The van der Waals surface area contributed by atoms with Crippen molar-refractivity contribution >= 4 is 17.0 Å². The molecule has 0 aliphatic carbocycles. The highest BCUT2D eigenvalue weighted by Crippen LogP contribution is 2.35. The lowest BCUT2D eigenvalue weighted by Crippen LogP contribution is -2.47. The Bertz CT molecular complexity index is 1350. The van der Waals surface area contributed by atoms with Gasteiger partial charge >= 0.3 is 5.97 Å². The fraction of sp³-hybridized carbons (Fsp3) is 0.567. The zero-order valence-electron chi connectivity index (χ0n) is 24.2. The van der Waals surface area contributed by atoms with Crippen molar-refractivity contribution in [2.24, 2.45) is 13.0 Å². The highest BCUT2D eigenvalue weighted by atomic mass is 16.6. The number of nitrogens with one attached hydrogen (secondary N) is 1. The van der Waals surface area contributed by atoms with Crippen molar-refractivity contribution in [3.05, 3.63) is 51.9 Å². The molecule has 0 radical (unpaired) electrons. The number of aliphatic hydroxyl groups excluding tert-OH is 1. The van der Waals surface area contributed by atoms with Gasteiger partial charge in [0, 0.05) is 50.2 Å². The van der Waals surface area contributed by atoms with Crippen molar-refractivity contribution in [1.29, 1.82) is 0 Å². The number of carbonyl (C=O) groups excluding carboxylic acids is 1. The smallest absolute Gasteiger partial charge is 0.326 e. The van der Waals surface area contributed by atoms with Crippen LogP contribution in [0, 0.1) is 12.8 Å². The molecule has 0 spiro atoms. The summed E-state index contributed by atoms with van der Waals surface area (Å²) in [7, 11) is 1.76. The molecule has 3 atom stereocenters. The molecule has 3 aromatic rings. The molecule has 2 N–H and O–H groups in total. The number of aliphatic hydroxyl groups is 1. The number of fused-ring (bicyclic) bond motifs is 1. The van der Waals surface area contributed by atoms with Gasteiger partial charge in [-0.1, -0.05) is 6.07 Å². The maximum atomic E-state index is 12.6. The van der Waals surface area contributed by atoms with Gasteiger partial charge in [-0.2, -0.15) is 0 Å². The lowest BCUT2D eigenvalue weighted by atomic mass is 9.92. The van der Waals surface area contributed by atoms with E-state index >= 15 is 0 Å². The van der Waals surface area contributed by atoms with Gasteiger partial charge in [0.2, 0.25) is 0 Å². The second-order valence-electron chi connectivity index (χ2n) is 11.8. The molecule has 39 heavy (non-hydrogen) atoms. The lowest BCUT2D eigenvalue weighted by Gasteiger charge is -2.30. The highest BCUT2D eigenvalue weighted by molar-refractivity contribution is 5.82. The summed E-state index contributed by atoms with van der Waals surface area (Å²) in [4.78, 5) is 30.1. The average molecular weight is 539 g/mol. The molecule has 2 aromatic heterocycles. The number of ether oxygens (including phenoxy) is 2. The van der Waals surface area contributed by atoms with Crippen molar-refractivity contribution in [3.8, 4) is 11.4 Å². The number of esters is 1. The summed E-state index contributed by atoms with van der Waals surface area (Å²) in [5, 5.41) is 13.4. The normalized spacial score (nSPS) is 17.2. The van der Waals surface area contributed by atoms with Gasteiger partial charge in [-0.25, -0.2) is 4.98 Å². The van der Waals surface area contributed by atoms with Crippen LogP contribution in [0.1, 0.15) is 64.6 Å². The van der Waals surface area contributed by atoms with Crippen LogP contribution in [-0.2, 0) is 27.9 Å². The minimum Gasteiger partial charge on any atom is -0.459 e. The van der Waals surface area contributed by atoms with E-state index in [1.54, 1.807) is 39.3 Å². The van der Waals surface area contributed by atoms with Crippen LogP contribution in [0.2, 0.25) is 0 Å². The van der Waals surface area contributed by atoms with Crippen LogP contribution in [0.5, 0.6) is 0 Å². The van der Waals surface area contributed by atoms with Crippen LogP contribution in [0.15, 0.2) is 35.3 Å². The molecule has 9 heteroatoms. The molecule has 1 fully saturated rings. The van der Waals surface area contributed by atoms with Gasteiger partial charge in [-0.3, -0.25) is 14.9 Å². The van der Waals surface area contributed by atoms with Crippen LogP contribution in [0.4, 0.5) is 0 Å². The number of nitrogens with zero attached hydrogens (tertiary/aromatic N) is 3. The number of carbonyl (C=O) groups is 1. The van der Waals surface area contributed by atoms with Gasteiger partial charge in [0.25, 0.3) is 5.56 Å². The maximum absolute atomic E-state index is 12.6. The van der Waals surface area contributed by atoms with E-state index in [1.807, 2.05) is 31.3 Å². The second kappa shape index (κ2) is 11.6. The van der Waals surface area contributed by atoms with Crippen molar-refractivity contribution in [1.82, 2.24) is 19.4 Å². The zero-order valence-corrected chi connectivity index (χ0v) is 24.2. The largest absolute Gasteiger partial charge is 0.459 e. The van der Waals surface area contributed by atoms with E-state index in [2.05, 4.69) is 22.9 Å². The Kier molecular flexibility index (Phi) is 8.63. The molecule has 0 saturated carbocycles. The number of rotatable bonds is 8. The molecule has 1 aromatic carbocycles. The summed E-state index contributed by atoms with van der Waals surface area (Å²) in [6.45, 7) is 12.9. The van der Waals surface area contributed by atoms with E-state index < -0.39 is 23.7 Å². The van der Waals surface area contributed by atoms with Gasteiger partial charge in [-0.15, -0.1) is 0 Å². The molecule has 1 aliphatic heterocycles. The Labute approximate surface area is 230 Å². The molecule has 212 valence electrons.